The summed E-state index contributed by atoms with van der Waals surface area (Å²) in [5, 5.41) is 2.78. The Labute approximate surface area is 187 Å². The highest BCUT2D eigenvalue weighted by Crippen LogP contribution is 2.28. The predicted octanol–water partition coefficient (Wildman–Crippen LogP) is 2.90. The molecule has 0 fully saturated rings. The first-order chi connectivity index (χ1) is 15.6. The smallest absolute Gasteiger partial charge is 0.272 e. The van der Waals surface area contributed by atoms with Crippen LogP contribution in [0, 0.1) is 0 Å². The van der Waals surface area contributed by atoms with Crippen LogP contribution in [0.1, 0.15) is 23.6 Å². The van der Waals surface area contributed by atoms with Gasteiger partial charge in [-0.15, -0.1) is 0 Å². The Morgan fingerprint density at radius 3 is 2.31 bits per heavy atom. The largest absolute Gasteiger partial charge is 0.325 e. The monoisotopic (exact) mass is 426 g/mol. The van der Waals surface area contributed by atoms with Crippen molar-refractivity contribution >= 4 is 23.2 Å². The highest BCUT2D eigenvalue weighted by Gasteiger charge is 2.33. The highest BCUT2D eigenvalue weighted by molar-refractivity contribution is 6.20. The summed E-state index contributed by atoms with van der Waals surface area (Å²) in [6.45, 7) is 2.36. The van der Waals surface area contributed by atoms with Crippen LogP contribution in [-0.4, -0.2) is 36.3 Å². The molecule has 3 N–H and O–H groups in total. The van der Waals surface area contributed by atoms with E-state index in [1.807, 2.05) is 91.9 Å². The number of likely N-dealkylation sites (N-methyl/N-ethyl adjacent to an activating group) is 1. The Balaban J connectivity index is 1.68. The van der Waals surface area contributed by atoms with E-state index in [0.29, 0.717) is 18.7 Å². The lowest BCUT2D eigenvalue weighted by Gasteiger charge is -2.24. The summed E-state index contributed by atoms with van der Waals surface area (Å²) in [7, 11) is 0. The summed E-state index contributed by atoms with van der Waals surface area (Å²) < 4.78 is 0. The summed E-state index contributed by atoms with van der Waals surface area (Å²) in [6, 6.07) is 26.1. The van der Waals surface area contributed by atoms with Crippen LogP contribution in [0.5, 0.6) is 0 Å². The van der Waals surface area contributed by atoms with Gasteiger partial charge in [0.25, 0.3) is 5.91 Å². The fourth-order valence-corrected chi connectivity index (χ4v) is 3.88. The molecule has 0 bridgehead atoms. The molecule has 0 saturated carbocycles. The van der Waals surface area contributed by atoms with E-state index in [9.17, 15) is 9.59 Å². The minimum absolute atomic E-state index is 0.286. The number of fused-ring (bicyclic) bond motifs is 1. The van der Waals surface area contributed by atoms with Crippen LogP contribution in [0.25, 0.3) is 0 Å². The van der Waals surface area contributed by atoms with Gasteiger partial charge in [-0.1, -0.05) is 78.9 Å². The van der Waals surface area contributed by atoms with Crippen molar-refractivity contribution in [2.45, 2.75) is 25.6 Å². The van der Waals surface area contributed by atoms with Gasteiger partial charge < -0.3 is 16.0 Å². The number of benzodiazepines with no additional fused rings is 1. The van der Waals surface area contributed by atoms with Crippen molar-refractivity contribution in [3.63, 3.8) is 0 Å². The van der Waals surface area contributed by atoms with E-state index in [1.165, 1.54) is 0 Å². The van der Waals surface area contributed by atoms with Gasteiger partial charge in [-0.2, -0.15) is 0 Å². The van der Waals surface area contributed by atoms with Gasteiger partial charge in [0.15, 0.2) is 0 Å². The first-order valence-corrected chi connectivity index (χ1v) is 10.7. The summed E-state index contributed by atoms with van der Waals surface area (Å²) >= 11 is 0. The third-order valence-electron chi connectivity index (χ3n) is 5.49. The van der Waals surface area contributed by atoms with Crippen LogP contribution in [0.3, 0.4) is 0 Å². The second-order valence-corrected chi connectivity index (χ2v) is 7.65. The van der Waals surface area contributed by atoms with E-state index in [0.717, 1.165) is 22.4 Å². The third-order valence-corrected chi connectivity index (χ3v) is 5.49. The van der Waals surface area contributed by atoms with Crippen molar-refractivity contribution in [1.29, 1.82) is 0 Å². The zero-order valence-electron chi connectivity index (χ0n) is 17.9. The summed E-state index contributed by atoms with van der Waals surface area (Å²) in [6.07, 6.45) is -0.688. The maximum absolute atomic E-state index is 13.4. The molecule has 32 heavy (non-hydrogen) atoms. The van der Waals surface area contributed by atoms with E-state index in [2.05, 4.69) is 5.32 Å². The Morgan fingerprint density at radius 2 is 1.62 bits per heavy atom. The van der Waals surface area contributed by atoms with Crippen molar-refractivity contribution in [1.82, 2.24) is 5.32 Å². The number of rotatable bonds is 6. The van der Waals surface area contributed by atoms with Crippen LogP contribution < -0.4 is 16.0 Å². The molecule has 1 aliphatic rings. The molecule has 6 heteroatoms. The zero-order chi connectivity index (χ0) is 22.5. The van der Waals surface area contributed by atoms with E-state index < -0.39 is 18.1 Å². The van der Waals surface area contributed by atoms with Gasteiger partial charge in [0.05, 0.1) is 17.4 Å². The fraction of sp³-hybridized carbons (Fsp3) is 0.192. The topological polar surface area (TPSA) is 87.8 Å². The van der Waals surface area contributed by atoms with Gasteiger partial charge in [0.2, 0.25) is 12.1 Å². The lowest BCUT2D eigenvalue weighted by atomic mass is 10.0. The minimum atomic E-state index is -1.06. The number of hydrogen-bond acceptors (Lipinski definition) is 4. The van der Waals surface area contributed by atoms with Crippen molar-refractivity contribution in [2.75, 3.05) is 11.4 Å². The molecule has 0 spiro atoms. The number of nitrogens with two attached hydrogens (primary N) is 1. The predicted molar refractivity (Wildman–Crippen MR) is 127 cm³/mol. The molecule has 162 valence electrons. The highest BCUT2D eigenvalue weighted by atomic mass is 16.2. The molecule has 0 aromatic heterocycles. The van der Waals surface area contributed by atoms with Crippen LogP contribution in [0.4, 0.5) is 5.69 Å². The lowest BCUT2D eigenvalue weighted by Crippen LogP contribution is -2.52. The summed E-state index contributed by atoms with van der Waals surface area (Å²) in [4.78, 5) is 32.7. The molecule has 4 rings (SSSR count). The van der Waals surface area contributed by atoms with Gasteiger partial charge in [-0.3, -0.25) is 9.59 Å². The number of amides is 2. The Bertz CT molecular complexity index is 1130. The molecule has 1 heterocycles. The Kier molecular flexibility index (Phi) is 6.42. The number of nitrogens with zero attached hydrogens (tertiary/aromatic N) is 2. The quantitative estimate of drug-likeness (QED) is 0.635. The van der Waals surface area contributed by atoms with Gasteiger partial charge in [-0.25, -0.2) is 4.99 Å². The fourth-order valence-electron chi connectivity index (χ4n) is 3.88. The van der Waals surface area contributed by atoms with E-state index >= 15 is 0 Å². The van der Waals surface area contributed by atoms with Crippen molar-refractivity contribution in [2.24, 2.45) is 10.7 Å². The first-order valence-electron chi connectivity index (χ1n) is 10.7. The van der Waals surface area contributed by atoms with Crippen molar-refractivity contribution in [3.05, 3.63) is 102 Å². The van der Waals surface area contributed by atoms with Gasteiger partial charge in [0.1, 0.15) is 0 Å². The average molecular weight is 427 g/mol. The minimum Gasteiger partial charge on any atom is -0.325 e. The van der Waals surface area contributed by atoms with E-state index in [1.54, 1.807) is 4.90 Å². The molecule has 6 nitrogen and oxygen atoms in total. The third kappa shape index (κ3) is 4.45. The van der Waals surface area contributed by atoms with Crippen LogP contribution in [-0.2, 0) is 16.0 Å². The standard InChI is InChI=1S/C26H26N4O2/c1-2-30-22-16-10-9-15-20(22)23(19-13-7-4-8-14-19)28-24(26(30)32)29-25(31)21(27)17-18-11-5-3-6-12-18/h3-16,21,24H,2,17,27H2,1H3,(H,29,31). The molecular formula is C26H26N4O2. The first kappa shape index (κ1) is 21.5. The van der Waals surface area contributed by atoms with Gasteiger partial charge >= 0.3 is 0 Å². The number of carbonyl (C=O) groups excluding carboxylic acids is 2. The Morgan fingerprint density at radius 1 is 1.00 bits per heavy atom. The number of carbonyl (C=O) groups is 2. The number of para-hydroxylation sites is 1. The molecule has 0 aliphatic carbocycles. The molecule has 3 aromatic rings. The zero-order valence-corrected chi connectivity index (χ0v) is 17.9. The average Bonchev–Trinajstić information content (AvgIpc) is 2.94. The molecular weight excluding hydrogens is 400 g/mol. The molecule has 0 saturated heterocycles. The number of aliphatic imine (C=N–C) groups is 1. The molecule has 2 amide bonds. The normalized spacial score (nSPS) is 16.6. The van der Waals surface area contributed by atoms with Crippen LogP contribution in [0.15, 0.2) is 89.9 Å². The molecule has 2 atom stereocenters. The number of anilines is 1. The number of hydrogen-bond donors (Lipinski definition) is 2. The summed E-state index contributed by atoms with van der Waals surface area (Å²) in [5.41, 5.74) is 10.3. The molecule has 0 radical (unpaired) electrons. The van der Waals surface area contributed by atoms with E-state index in [-0.39, 0.29) is 5.91 Å². The van der Waals surface area contributed by atoms with Gasteiger partial charge in [-0.05, 0) is 25.0 Å². The second-order valence-electron chi connectivity index (χ2n) is 7.65. The maximum Gasteiger partial charge on any atom is 0.272 e. The van der Waals surface area contributed by atoms with Crippen LogP contribution in [0.2, 0.25) is 0 Å². The Hall–Kier alpha value is -3.77. The second kappa shape index (κ2) is 9.58. The van der Waals surface area contributed by atoms with Gasteiger partial charge in [0, 0.05) is 17.7 Å². The SMILES string of the molecule is CCN1C(=O)C(NC(=O)C(N)Cc2ccccc2)N=C(c2ccccc2)c2ccccc21. The van der Waals surface area contributed by atoms with Crippen molar-refractivity contribution < 1.29 is 9.59 Å². The maximum atomic E-state index is 13.4. The molecule has 1 aliphatic heterocycles. The van der Waals surface area contributed by atoms with E-state index in [4.69, 9.17) is 10.7 Å². The van der Waals surface area contributed by atoms with Crippen LogP contribution >= 0.6 is 0 Å². The summed E-state index contributed by atoms with van der Waals surface area (Å²) in [5.74, 6) is -0.698. The number of benzene rings is 3. The molecule has 3 aromatic carbocycles. The number of nitrogens with one attached hydrogen (secondary N) is 1. The van der Waals surface area contributed by atoms with Crippen molar-refractivity contribution in [3.8, 4) is 0 Å². The lowest BCUT2D eigenvalue weighted by molar-refractivity contribution is -0.128. The molecule has 2 unspecified atom stereocenters.